The van der Waals surface area contributed by atoms with Gasteiger partial charge in [-0.1, -0.05) is 6.92 Å². The molecule has 4 heteroatoms. The Balaban J connectivity index is 2.40. The van der Waals surface area contributed by atoms with Gasteiger partial charge in [0.2, 0.25) is 0 Å². The molecule has 0 aliphatic rings. The van der Waals surface area contributed by atoms with Gasteiger partial charge < -0.3 is 10.1 Å². The predicted molar refractivity (Wildman–Crippen MR) is 80.0 cm³/mol. The molecular weight excluding hydrogens is 256 g/mol. The summed E-state index contributed by atoms with van der Waals surface area (Å²) in [5, 5.41) is 5.74. The Kier molecular flexibility index (Phi) is 4.93. The molecule has 19 heavy (non-hydrogen) atoms. The van der Waals surface area contributed by atoms with Gasteiger partial charge in [0.1, 0.15) is 5.75 Å². The number of methoxy groups -OCH3 is 1. The molecule has 1 atom stereocenters. The van der Waals surface area contributed by atoms with Crippen LogP contribution in [-0.4, -0.2) is 18.6 Å². The number of rotatable bonds is 6. The molecule has 1 N–H and O–H groups in total. The minimum atomic E-state index is 0.179. The van der Waals surface area contributed by atoms with E-state index in [2.05, 4.69) is 35.6 Å². The van der Waals surface area contributed by atoms with Crippen LogP contribution in [0.1, 0.15) is 35.4 Å². The molecule has 2 rings (SSSR count). The number of nitrogens with zero attached hydrogens (tertiary/aromatic N) is 1. The van der Waals surface area contributed by atoms with E-state index in [-0.39, 0.29) is 6.04 Å². The maximum absolute atomic E-state index is 5.45. The Bertz CT molecular complexity index is 524. The standard InChI is InChI=1S/C15H20N2OS/c1-4-7-17-14(15-11(2)6-9-19-15)12-5-8-16-10-13(12)18-3/h5-6,8-10,14,17H,4,7H2,1-3H3. The summed E-state index contributed by atoms with van der Waals surface area (Å²) in [5.41, 5.74) is 2.47. The van der Waals surface area contributed by atoms with Gasteiger partial charge in [0.05, 0.1) is 19.3 Å². The molecule has 3 nitrogen and oxygen atoms in total. The third kappa shape index (κ3) is 3.14. The summed E-state index contributed by atoms with van der Waals surface area (Å²) in [7, 11) is 1.69. The average Bonchev–Trinajstić information content (AvgIpc) is 2.86. The normalized spacial score (nSPS) is 12.4. The first kappa shape index (κ1) is 14.0. The Hall–Kier alpha value is -1.39. The van der Waals surface area contributed by atoms with Gasteiger partial charge in [0, 0.05) is 16.6 Å². The highest BCUT2D eigenvalue weighted by atomic mass is 32.1. The molecule has 0 fully saturated rings. The van der Waals surface area contributed by atoms with Crippen molar-refractivity contribution in [3.63, 3.8) is 0 Å². The van der Waals surface area contributed by atoms with Crippen LogP contribution in [0.3, 0.4) is 0 Å². The lowest BCUT2D eigenvalue weighted by Gasteiger charge is -2.20. The molecule has 2 aromatic rings. The van der Waals surface area contributed by atoms with Crippen LogP contribution >= 0.6 is 11.3 Å². The minimum Gasteiger partial charge on any atom is -0.495 e. The molecule has 0 amide bonds. The number of thiophene rings is 1. The fourth-order valence-corrected chi connectivity index (χ4v) is 3.13. The smallest absolute Gasteiger partial charge is 0.142 e. The quantitative estimate of drug-likeness (QED) is 0.876. The second-order valence-corrected chi connectivity index (χ2v) is 5.42. The van der Waals surface area contributed by atoms with E-state index in [0.29, 0.717) is 0 Å². The van der Waals surface area contributed by atoms with Gasteiger partial charge in [-0.3, -0.25) is 4.98 Å². The number of pyridine rings is 1. The fraction of sp³-hybridized carbons (Fsp3) is 0.400. The maximum Gasteiger partial charge on any atom is 0.142 e. The van der Waals surface area contributed by atoms with Crippen molar-refractivity contribution in [2.45, 2.75) is 26.3 Å². The Labute approximate surface area is 118 Å². The van der Waals surface area contributed by atoms with Crippen molar-refractivity contribution in [3.8, 4) is 5.75 Å². The van der Waals surface area contributed by atoms with Crippen LogP contribution in [0, 0.1) is 6.92 Å². The molecule has 2 heterocycles. The third-order valence-electron chi connectivity index (χ3n) is 3.11. The molecular formula is C15H20N2OS. The molecule has 0 aliphatic heterocycles. The van der Waals surface area contributed by atoms with Crippen molar-refractivity contribution in [2.24, 2.45) is 0 Å². The van der Waals surface area contributed by atoms with Crippen LogP contribution in [0.4, 0.5) is 0 Å². The topological polar surface area (TPSA) is 34.2 Å². The lowest BCUT2D eigenvalue weighted by Crippen LogP contribution is -2.23. The van der Waals surface area contributed by atoms with Crippen molar-refractivity contribution in [2.75, 3.05) is 13.7 Å². The Morgan fingerprint density at radius 3 is 2.89 bits per heavy atom. The number of aryl methyl sites for hydroxylation is 1. The Morgan fingerprint density at radius 1 is 1.42 bits per heavy atom. The number of nitrogens with one attached hydrogen (secondary N) is 1. The number of ether oxygens (including phenoxy) is 1. The molecule has 0 saturated carbocycles. The van der Waals surface area contributed by atoms with Gasteiger partial charge in [-0.15, -0.1) is 11.3 Å². The highest BCUT2D eigenvalue weighted by Crippen LogP contribution is 2.33. The highest BCUT2D eigenvalue weighted by molar-refractivity contribution is 7.10. The average molecular weight is 276 g/mol. The summed E-state index contributed by atoms with van der Waals surface area (Å²) in [5.74, 6) is 0.837. The van der Waals surface area contributed by atoms with Crippen molar-refractivity contribution in [1.82, 2.24) is 10.3 Å². The van der Waals surface area contributed by atoms with Crippen LogP contribution in [0.5, 0.6) is 5.75 Å². The summed E-state index contributed by atoms with van der Waals surface area (Å²) in [6.07, 6.45) is 4.70. The third-order valence-corrected chi connectivity index (χ3v) is 4.19. The van der Waals surface area contributed by atoms with Gasteiger partial charge in [-0.05, 0) is 43.0 Å². The van der Waals surface area contributed by atoms with E-state index in [1.54, 1.807) is 24.6 Å². The number of hydrogen-bond donors (Lipinski definition) is 1. The molecule has 1 unspecified atom stereocenters. The second kappa shape index (κ2) is 6.68. The first-order valence-corrected chi connectivity index (χ1v) is 7.41. The van der Waals surface area contributed by atoms with Crippen LogP contribution in [0.15, 0.2) is 29.9 Å². The van der Waals surface area contributed by atoms with Crippen LogP contribution in [-0.2, 0) is 0 Å². The van der Waals surface area contributed by atoms with Crippen molar-refractivity contribution in [3.05, 3.63) is 45.9 Å². The number of aromatic nitrogens is 1. The molecule has 0 aliphatic carbocycles. The molecule has 0 radical (unpaired) electrons. The minimum absolute atomic E-state index is 0.179. The Morgan fingerprint density at radius 2 is 2.26 bits per heavy atom. The lowest BCUT2D eigenvalue weighted by molar-refractivity contribution is 0.402. The van der Waals surface area contributed by atoms with E-state index in [9.17, 15) is 0 Å². The van der Waals surface area contributed by atoms with Crippen molar-refractivity contribution in [1.29, 1.82) is 0 Å². The van der Waals surface area contributed by atoms with E-state index in [1.807, 2.05) is 12.3 Å². The summed E-state index contributed by atoms with van der Waals surface area (Å²) in [6.45, 7) is 5.31. The van der Waals surface area contributed by atoms with Crippen LogP contribution in [0.2, 0.25) is 0 Å². The second-order valence-electron chi connectivity index (χ2n) is 4.47. The molecule has 102 valence electrons. The van der Waals surface area contributed by atoms with Crippen molar-refractivity contribution < 1.29 is 4.74 Å². The van der Waals surface area contributed by atoms with E-state index in [1.165, 1.54) is 10.4 Å². The summed E-state index contributed by atoms with van der Waals surface area (Å²) in [6, 6.07) is 4.37. The van der Waals surface area contributed by atoms with E-state index in [0.717, 1.165) is 24.3 Å². The maximum atomic E-state index is 5.45. The fourth-order valence-electron chi connectivity index (χ4n) is 2.11. The van der Waals surface area contributed by atoms with Gasteiger partial charge in [-0.25, -0.2) is 0 Å². The lowest BCUT2D eigenvalue weighted by atomic mass is 10.0. The summed E-state index contributed by atoms with van der Waals surface area (Å²) < 4.78 is 5.45. The molecule has 0 aromatic carbocycles. The zero-order chi connectivity index (χ0) is 13.7. The van der Waals surface area contributed by atoms with Gasteiger partial charge in [0.25, 0.3) is 0 Å². The largest absolute Gasteiger partial charge is 0.495 e. The summed E-state index contributed by atoms with van der Waals surface area (Å²) >= 11 is 1.78. The molecule has 2 aromatic heterocycles. The van der Waals surface area contributed by atoms with E-state index < -0.39 is 0 Å². The molecule has 0 spiro atoms. The predicted octanol–water partition coefficient (Wildman–Crippen LogP) is 3.55. The van der Waals surface area contributed by atoms with Crippen LogP contribution < -0.4 is 10.1 Å². The van der Waals surface area contributed by atoms with E-state index in [4.69, 9.17) is 4.74 Å². The van der Waals surface area contributed by atoms with Crippen molar-refractivity contribution >= 4 is 11.3 Å². The number of hydrogen-bond acceptors (Lipinski definition) is 4. The molecule has 0 bridgehead atoms. The zero-order valence-electron chi connectivity index (χ0n) is 11.6. The molecule has 0 saturated heterocycles. The van der Waals surface area contributed by atoms with E-state index >= 15 is 0 Å². The first-order chi connectivity index (χ1) is 9.27. The highest BCUT2D eigenvalue weighted by Gasteiger charge is 2.20. The van der Waals surface area contributed by atoms with Gasteiger partial charge in [0.15, 0.2) is 0 Å². The summed E-state index contributed by atoms with van der Waals surface area (Å²) in [4.78, 5) is 5.48. The first-order valence-electron chi connectivity index (χ1n) is 6.53. The van der Waals surface area contributed by atoms with Crippen LogP contribution in [0.25, 0.3) is 0 Å². The van der Waals surface area contributed by atoms with Gasteiger partial charge >= 0.3 is 0 Å². The van der Waals surface area contributed by atoms with Gasteiger partial charge in [-0.2, -0.15) is 0 Å². The monoisotopic (exact) mass is 276 g/mol. The zero-order valence-corrected chi connectivity index (χ0v) is 12.5. The SMILES string of the molecule is CCCNC(c1ccncc1OC)c1sccc1C.